The summed E-state index contributed by atoms with van der Waals surface area (Å²) < 4.78 is 0. The number of anilines is 2. The molecule has 0 unspecified atom stereocenters. The number of hydrogen-bond donors (Lipinski definition) is 2. The second kappa shape index (κ2) is 5.14. The number of nitrogens with one attached hydrogen (secondary N) is 2. The molecule has 0 aromatic carbocycles. The Morgan fingerprint density at radius 1 is 1.28 bits per heavy atom. The molecule has 0 radical (unpaired) electrons. The van der Waals surface area contributed by atoms with Crippen molar-refractivity contribution in [2.24, 2.45) is 11.3 Å². The van der Waals surface area contributed by atoms with Crippen LogP contribution in [0.15, 0.2) is 6.07 Å². The molecule has 1 aliphatic carbocycles. The van der Waals surface area contributed by atoms with Crippen LogP contribution in [0, 0.1) is 11.3 Å². The largest absolute Gasteiger partial charge is 0.372 e. The van der Waals surface area contributed by atoms with Crippen molar-refractivity contribution in [1.29, 1.82) is 0 Å². The van der Waals surface area contributed by atoms with Gasteiger partial charge in [-0.3, -0.25) is 0 Å². The lowest BCUT2D eigenvalue weighted by molar-refractivity contribution is 0.380. The van der Waals surface area contributed by atoms with Gasteiger partial charge in [-0.15, -0.1) is 0 Å². The Balaban J connectivity index is 2.10. The molecule has 0 spiro atoms. The van der Waals surface area contributed by atoms with Crippen molar-refractivity contribution in [2.45, 2.75) is 26.7 Å². The van der Waals surface area contributed by atoms with Gasteiger partial charge in [0.05, 0.1) is 10.0 Å². The predicted octanol–water partition coefficient (Wildman–Crippen LogP) is 4.28. The summed E-state index contributed by atoms with van der Waals surface area (Å²) in [6.45, 7) is 5.46. The highest BCUT2D eigenvalue weighted by molar-refractivity contribution is 6.37. The average molecular weight is 288 g/mol. The van der Waals surface area contributed by atoms with Crippen molar-refractivity contribution < 1.29 is 0 Å². The number of aromatic nitrogens is 1. The molecule has 0 amide bonds. The Morgan fingerprint density at radius 2 is 1.89 bits per heavy atom. The fraction of sp³-hybridized carbons (Fsp3) is 0.615. The van der Waals surface area contributed by atoms with E-state index in [1.54, 1.807) is 13.1 Å². The first kappa shape index (κ1) is 13.8. The Kier molecular flexibility index (Phi) is 3.93. The second-order valence-electron chi connectivity index (χ2n) is 5.27. The van der Waals surface area contributed by atoms with E-state index in [4.69, 9.17) is 23.2 Å². The van der Waals surface area contributed by atoms with E-state index < -0.39 is 0 Å². The van der Waals surface area contributed by atoms with E-state index in [2.05, 4.69) is 29.5 Å². The molecule has 1 fully saturated rings. The first-order valence-electron chi connectivity index (χ1n) is 6.26. The average Bonchev–Trinajstić information content (AvgIpc) is 3.09. The predicted molar refractivity (Wildman–Crippen MR) is 78.8 cm³/mol. The second-order valence-corrected chi connectivity index (χ2v) is 6.08. The number of hydrogen-bond acceptors (Lipinski definition) is 3. The molecule has 3 nitrogen and oxygen atoms in total. The van der Waals surface area contributed by atoms with Crippen LogP contribution >= 0.6 is 23.2 Å². The third-order valence-corrected chi connectivity index (χ3v) is 4.47. The summed E-state index contributed by atoms with van der Waals surface area (Å²) in [5, 5.41) is 7.42. The van der Waals surface area contributed by atoms with Gasteiger partial charge < -0.3 is 10.6 Å². The first-order chi connectivity index (χ1) is 8.48. The van der Waals surface area contributed by atoms with E-state index in [0.717, 1.165) is 6.54 Å². The minimum atomic E-state index is 0.421. The molecular formula is C13H19Cl2N3. The molecule has 2 rings (SSSR count). The minimum absolute atomic E-state index is 0.421. The monoisotopic (exact) mass is 287 g/mol. The van der Waals surface area contributed by atoms with Crippen molar-refractivity contribution in [3.8, 4) is 0 Å². The molecule has 2 N–H and O–H groups in total. The molecule has 0 aliphatic heterocycles. The molecule has 0 bridgehead atoms. The highest BCUT2D eigenvalue weighted by Gasteiger charge is 2.45. The summed E-state index contributed by atoms with van der Waals surface area (Å²) in [6, 6.07) is 1.72. The maximum Gasteiger partial charge on any atom is 0.147 e. The Hall–Kier alpha value is -0.670. The van der Waals surface area contributed by atoms with Crippen LogP contribution in [-0.2, 0) is 0 Å². The van der Waals surface area contributed by atoms with E-state index >= 15 is 0 Å². The molecule has 0 saturated heterocycles. The van der Waals surface area contributed by atoms with Gasteiger partial charge in [0, 0.05) is 13.6 Å². The van der Waals surface area contributed by atoms with Crippen LogP contribution in [0.3, 0.4) is 0 Å². The summed E-state index contributed by atoms with van der Waals surface area (Å²) in [5.74, 6) is 2.04. The van der Waals surface area contributed by atoms with E-state index in [1.165, 1.54) is 12.8 Å². The van der Waals surface area contributed by atoms with Crippen LogP contribution in [0.4, 0.5) is 11.6 Å². The van der Waals surface area contributed by atoms with Crippen LogP contribution < -0.4 is 10.6 Å². The minimum Gasteiger partial charge on any atom is -0.372 e. The van der Waals surface area contributed by atoms with Gasteiger partial charge in [0.25, 0.3) is 0 Å². The third kappa shape index (κ3) is 2.67. The maximum atomic E-state index is 6.15. The standard InChI is InChI=1S/C13H19Cl2N3/c1-8(2)13(4-5-13)7-17-12-10(15)6-9(14)11(16-3)18-12/h6,8H,4-5,7H2,1-3H3,(H2,16,17,18). The fourth-order valence-electron chi connectivity index (χ4n) is 2.14. The number of halogens is 2. The van der Waals surface area contributed by atoms with Gasteiger partial charge in [0.1, 0.15) is 11.6 Å². The summed E-state index contributed by atoms with van der Waals surface area (Å²) >= 11 is 12.2. The zero-order chi connectivity index (χ0) is 13.3. The van der Waals surface area contributed by atoms with Crippen molar-refractivity contribution in [1.82, 2.24) is 4.98 Å². The van der Waals surface area contributed by atoms with Crippen molar-refractivity contribution in [3.63, 3.8) is 0 Å². The highest BCUT2D eigenvalue weighted by atomic mass is 35.5. The summed E-state index contributed by atoms with van der Waals surface area (Å²) in [7, 11) is 1.79. The van der Waals surface area contributed by atoms with Crippen molar-refractivity contribution in [3.05, 3.63) is 16.1 Å². The van der Waals surface area contributed by atoms with Crippen LogP contribution in [0.2, 0.25) is 10.0 Å². The van der Waals surface area contributed by atoms with Crippen LogP contribution in [0.1, 0.15) is 26.7 Å². The lowest BCUT2D eigenvalue weighted by Gasteiger charge is -2.21. The summed E-state index contributed by atoms with van der Waals surface area (Å²) in [5.41, 5.74) is 0.421. The van der Waals surface area contributed by atoms with Crippen molar-refractivity contribution in [2.75, 3.05) is 24.2 Å². The first-order valence-corrected chi connectivity index (χ1v) is 7.02. The smallest absolute Gasteiger partial charge is 0.147 e. The number of pyridine rings is 1. The Morgan fingerprint density at radius 3 is 2.39 bits per heavy atom. The molecule has 1 saturated carbocycles. The topological polar surface area (TPSA) is 37.0 Å². The van der Waals surface area contributed by atoms with Crippen LogP contribution in [-0.4, -0.2) is 18.6 Å². The Labute approximate surface area is 118 Å². The lowest BCUT2D eigenvalue weighted by atomic mass is 9.92. The quantitative estimate of drug-likeness (QED) is 0.849. The van der Waals surface area contributed by atoms with Gasteiger partial charge in [-0.1, -0.05) is 37.0 Å². The third-order valence-electron chi connectivity index (χ3n) is 3.89. The highest BCUT2D eigenvalue weighted by Crippen LogP contribution is 2.51. The van der Waals surface area contributed by atoms with Crippen molar-refractivity contribution >= 4 is 34.8 Å². The van der Waals surface area contributed by atoms with E-state index in [1.807, 2.05) is 0 Å². The molecule has 1 aromatic rings. The summed E-state index contributed by atoms with van der Waals surface area (Å²) in [6.07, 6.45) is 2.56. The van der Waals surface area contributed by atoms with Crippen LogP contribution in [0.25, 0.3) is 0 Å². The normalized spacial score (nSPS) is 16.8. The van der Waals surface area contributed by atoms with Gasteiger partial charge in [-0.25, -0.2) is 4.98 Å². The van der Waals surface area contributed by atoms with Gasteiger partial charge in [-0.05, 0) is 30.2 Å². The van der Waals surface area contributed by atoms with Gasteiger partial charge in [-0.2, -0.15) is 0 Å². The van der Waals surface area contributed by atoms with Gasteiger partial charge in [0.15, 0.2) is 0 Å². The lowest BCUT2D eigenvalue weighted by Crippen LogP contribution is -2.21. The zero-order valence-corrected chi connectivity index (χ0v) is 12.5. The molecule has 18 heavy (non-hydrogen) atoms. The van der Waals surface area contributed by atoms with E-state index in [0.29, 0.717) is 33.0 Å². The van der Waals surface area contributed by atoms with Crippen LogP contribution in [0.5, 0.6) is 0 Å². The van der Waals surface area contributed by atoms with E-state index in [9.17, 15) is 0 Å². The molecule has 100 valence electrons. The fourth-order valence-corrected chi connectivity index (χ4v) is 2.66. The summed E-state index contributed by atoms with van der Waals surface area (Å²) in [4.78, 5) is 4.39. The number of rotatable bonds is 5. The van der Waals surface area contributed by atoms with Gasteiger partial charge >= 0.3 is 0 Å². The maximum absolute atomic E-state index is 6.15. The number of nitrogens with zero attached hydrogens (tertiary/aromatic N) is 1. The molecule has 1 aliphatic rings. The van der Waals surface area contributed by atoms with E-state index in [-0.39, 0.29) is 0 Å². The molecular weight excluding hydrogens is 269 g/mol. The zero-order valence-electron chi connectivity index (χ0n) is 11.0. The molecule has 0 atom stereocenters. The molecule has 5 heteroatoms. The molecule has 1 aromatic heterocycles. The molecule has 1 heterocycles. The van der Waals surface area contributed by atoms with Gasteiger partial charge in [0.2, 0.25) is 0 Å². The Bertz CT molecular complexity index is 442. The SMILES string of the molecule is CNc1nc(NCC2(C(C)C)CC2)c(Cl)cc1Cl.